The van der Waals surface area contributed by atoms with E-state index in [1.807, 2.05) is 0 Å². The largest absolute Gasteiger partial charge is 0.466 e. The third-order valence-electron chi connectivity index (χ3n) is 5.20. The number of rotatable bonds is 2. The molecule has 0 amide bonds. The summed E-state index contributed by atoms with van der Waals surface area (Å²) in [6, 6.07) is 6.93. The molecule has 1 atom stereocenters. The number of esters is 1. The maximum absolute atomic E-state index is 13.2. The molecule has 2 aromatic rings. The van der Waals surface area contributed by atoms with Crippen molar-refractivity contribution in [3.05, 3.63) is 68.9 Å². The predicted molar refractivity (Wildman–Crippen MR) is 99.0 cm³/mol. The average Bonchev–Trinajstić information content (AvgIpc) is 2.67. The second-order valence-corrected chi connectivity index (χ2v) is 6.77. The summed E-state index contributed by atoms with van der Waals surface area (Å²) in [7, 11) is 1.29. The van der Waals surface area contributed by atoms with E-state index >= 15 is 0 Å². The normalized spacial score (nSPS) is 19.8. The fourth-order valence-electron chi connectivity index (χ4n) is 3.97. The van der Waals surface area contributed by atoms with Crippen LogP contribution in [0.15, 0.2) is 62.3 Å². The first kappa shape index (κ1) is 17.3. The number of ether oxygens (including phenoxy) is 1. The van der Waals surface area contributed by atoms with Gasteiger partial charge in [-0.3, -0.25) is 9.59 Å². The molecular formula is C21H19NO5. The van der Waals surface area contributed by atoms with E-state index in [2.05, 4.69) is 5.32 Å². The first-order valence-corrected chi connectivity index (χ1v) is 8.85. The van der Waals surface area contributed by atoms with Gasteiger partial charge in [0.25, 0.3) is 0 Å². The Kier molecular flexibility index (Phi) is 4.18. The number of ketones is 1. The van der Waals surface area contributed by atoms with E-state index < -0.39 is 11.9 Å². The van der Waals surface area contributed by atoms with Crippen molar-refractivity contribution in [1.82, 2.24) is 5.32 Å². The van der Waals surface area contributed by atoms with Gasteiger partial charge in [0.2, 0.25) is 0 Å². The fraction of sp³-hybridized carbons (Fsp3) is 0.286. The number of para-hydroxylation sites is 1. The van der Waals surface area contributed by atoms with Gasteiger partial charge in [0.05, 0.1) is 30.3 Å². The van der Waals surface area contributed by atoms with E-state index in [1.165, 1.54) is 13.4 Å². The second-order valence-electron chi connectivity index (χ2n) is 6.77. The smallest absolute Gasteiger partial charge is 0.336 e. The molecule has 0 saturated heterocycles. The molecule has 2 aliphatic rings. The quantitative estimate of drug-likeness (QED) is 0.824. The zero-order valence-corrected chi connectivity index (χ0v) is 15.1. The van der Waals surface area contributed by atoms with Crippen molar-refractivity contribution in [3.8, 4) is 0 Å². The van der Waals surface area contributed by atoms with Gasteiger partial charge in [-0.1, -0.05) is 12.1 Å². The van der Waals surface area contributed by atoms with Crippen LogP contribution in [0.4, 0.5) is 0 Å². The monoisotopic (exact) mass is 365 g/mol. The lowest BCUT2D eigenvalue weighted by Crippen LogP contribution is -2.35. The van der Waals surface area contributed by atoms with Gasteiger partial charge < -0.3 is 14.5 Å². The molecule has 27 heavy (non-hydrogen) atoms. The van der Waals surface area contributed by atoms with Crippen LogP contribution in [0.5, 0.6) is 0 Å². The topological polar surface area (TPSA) is 85.6 Å². The van der Waals surface area contributed by atoms with Crippen molar-refractivity contribution in [1.29, 1.82) is 0 Å². The zero-order chi connectivity index (χ0) is 19.1. The van der Waals surface area contributed by atoms with Gasteiger partial charge >= 0.3 is 5.97 Å². The molecule has 0 bridgehead atoms. The number of carbonyl (C=O) groups is 2. The number of fused-ring (bicyclic) bond motifs is 1. The third kappa shape index (κ3) is 2.68. The highest BCUT2D eigenvalue weighted by molar-refractivity contribution is 6.03. The highest BCUT2D eigenvalue weighted by Gasteiger charge is 2.40. The van der Waals surface area contributed by atoms with Gasteiger partial charge in [-0.25, -0.2) is 4.79 Å². The molecule has 0 spiro atoms. The van der Waals surface area contributed by atoms with E-state index in [4.69, 9.17) is 9.15 Å². The van der Waals surface area contributed by atoms with Crippen LogP contribution in [-0.4, -0.2) is 18.9 Å². The Balaban J connectivity index is 2.01. The van der Waals surface area contributed by atoms with E-state index in [1.54, 1.807) is 31.2 Å². The Morgan fingerprint density at radius 1 is 1.22 bits per heavy atom. The molecule has 6 nitrogen and oxygen atoms in total. The van der Waals surface area contributed by atoms with E-state index in [0.29, 0.717) is 35.1 Å². The summed E-state index contributed by atoms with van der Waals surface area (Å²) < 4.78 is 10.6. The van der Waals surface area contributed by atoms with Crippen molar-refractivity contribution in [2.75, 3.05) is 7.11 Å². The van der Waals surface area contributed by atoms with E-state index in [0.717, 1.165) is 12.1 Å². The van der Waals surface area contributed by atoms with Gasteiger partial charge in [0.15, 0.2) is 11.2 Å². The lowest BCUT2D eigenvalue weighted by molar-refractivity contribution is -0.136. The lowest BCUT2D eigenvalue weighted by Gasteiger charge is -2.33. The van der Waals surface area contributed by atoms with Crippen LogP contribution in [0.1, 0.15) is 37.7 Å². The van der Waals surface area contributed by atoms with Crippen molar-refractivity contribution in [2.45, 2.75) is 32.1 Å². The van der Waals surface area contributed by atoms with Gasteiger partial charge in [0, 0.05) is 29.0 Å². The molecule has 0 radical (unpaired) electrons. The van der Waals surface area contributed by atoms with Crippen molar-refractivity contribution >= 4 is 22.7 Å². The van der Waals surface area contributed by atoms with Gasteiger partial charge in [-0.05, 0) is 31.9 Å². The van der Waals surface area contributed by atoms with Crippen molar-refractivity contribution in [2.24, 2.45) is 0 Å². The highest BCUT2D eigenvalue weighted by Crippen LogP contribution is 2.41. The van der Waals surface area contributed by atoms with Crippen LogP contribution >= 0.6 is 0 Å². The summed E-state index contributed by atoms with van der Waals surface area (Å²) in [6.07, 6.45) is 3.19. The summed E-state index contributed by atoms with van der Waals surface area (Å²) >= 11 is 0. The maximum Gasteiger partial charge on any atom is 0.336 e. The molecule has 0 saturated carbocycles. The number of methoxy groups -OCH3 is 1. The van der Waals surface area contributed by atoms with E-state index in [-0.39, 0.29) is 22.3 Å². The summed E-state index contributed by atoms with van der Waals surface area (Å²) in [5.74, 6) is -1.42. The first-order chi connectivity index (χ1) is 13.0. The molecule has 1 aromatic heterocycles. The van der Waals surface area contributed by atoms with Crippen molar-refractivity contribution in [3.63, 3.8) is 0 Å². The molecule has 2 heterocycles. The fourth-order valence-corrected chi connectivity index (χ4v) is 3.97. The molecule has 138 valence electrons. The lowest BCUT2D eigenvalue weighted by atomic mass is 9.75. The summed E-state index contributed by atoms with van der Waals surface area (Å²) in [5, 5.41) is 3.59. The minimum absolute atomic E-state index is 0.0600. The molecule has 0 fully saturated rings. The average molecular weight is 365 g/mol. The van der Waals surface area contributed by atoms with Crippen LogP contribution in [0, 0.1) is 0 Å². The molecular weight excluding hydrogens is 346 g/mol. The Labute approximate surface area is 155 Å². The number of hydrogen-bond acceptors (Lipinski definition) is 6. The number of allylic oxidation sites excluding steroid dienone is 3. The van der Waals surface area contributed by atoms with Crippen LogP contribution in [0.3, 0.4) is 0 Å². The Bertz CT molecular complexity index is 1090. The van der Waals surface area contributed by atoms with Crippen LogP contribution in [0.25, 0.3) is 11.0 Å². The van der Waals surface area contributed by atoms with Crippen LogP contribution in [-0.2, 0) is 14.3 Å². The molecule has 1 N–H and O–H groups in total. The standard InChI is InChI=1S/C21H19NO5/c1-11-17(21(25)26-2)18(19-14(22-11)7-5-8-15(19)23)13-10-27-16-9-4-3-6-12(16)20(13)24/h3-4,6,9-10,18,22H,5,7-8H2,1-2H3/t18-/m0/s1. The minimum Gasteiger partial charge on any atom is -0.466 e. The second kappa shape index (κ2) is 6.54. The maximum atomic E-state index is 13.2. The Morgan fingerprint density at radius 2 is 2.00 bits per heavy atom. The Hall–Kier alpha value is -3.15. The molecule has 4 rings (SSSR count). The zero-order valence-electron chi connectivity index (χ0n) is 15.1. The minimum atomic E-state index is -0.789. The predicted octanol–water partition coefficient (Wildman–Crippen LogP) is 2.93. The van der Waals surface area contributed by atoms with Gasteiger partial charge in [-0.15, -0.1) is 0 Å². The molecule has 0 unspecified atom stereocenters. The summed E-state index contributed by atoms with van der Waals surface area (Å²) in [4.78, 5) is 38.5. The first-order valence-electron chi connectivity index (χ1n) is 8.85. The third-order valence-corrected chi connectivity index (χ3v) is 5.20. The molecule has 1 aliphatic heterocycles. The molecule has 1 aromatic carbocycles. The number of dihydropyridines is 1. The van der Waals surface area contributed by atoms with Crippen LogP contribution in [0.2, 0.25) is 0 Å². The van der Waals surface area contributed by atoms with Gasteiger partial charge in [0.1, 0.15) is 5.58 Å². The van der Waals surface area contributed by atoms with Crippen molar-refractivity contribution < 1.29 is 18.7 Å². The summed E-state index contributed by atoms with van der Waals surface area (Å²) in [6.45, 7) is 1.75. The SMILES string of the molecule is COC(=O)C1=C(C)NC2=C(C(=O)CCC2)[C@H]1c1coc2ccccc2c1=O. The number of benzene rings is 1. The summed E-state index contributed by atoms with van der Waals surface area (Å²) in [5.41, 5.74) is 2.59. The molecule has 6 heteroatoms. The highest BCUT2D eigenvalue weighted by atomic mass is 16.5. The number of hydrogen-bond donors (Lipinski definition) is 1. The van der Waals surface area contributed by atoms with E-state index in [9.17, 15) is 14.4 Å². The Morgan fingerprint density at radius 3 is 2.78 bits per heavy atom. The number of carbonyl (C=O) groups excluding carboxylic acids is 2. The van der Waals surface area contributed by atoms with Crippen LogP contribution < -0.4 is 10.7 Å². The number of nitrogens with one attached hydrogen (secondary N) is 1. The van der Waals surface area contributed by atoms with Gasteiger partial charge in [-0.2, -0.15) is 0 Å². The number of Topliss-reactive ketones (excluding diaryl/α,β-unsaturated/α-hetero) is 1. The molecule has 1 aliphatic carbocycles.